The molecule has 0 N–H and O–H groups in total. The monoisotopic (exact) mass is 189 g/mol. The Balaban J connectivity index is 2.15. The third kappa shape index (κ3) is 2.16. The van der Waals surface area contributed by atoms with E-state index in [-0.39, 0.29) is 0 Å². The average molecular weight is 189 g/mol. The molecule has 1 unspecified atom stereocenters. The highest BCUT2D eigenvalue weighted by atomic mass is 15.1. The van der Waals surface area contributed by atoms with Gasteiger partial charge in [-0.3, -0.25) is 4.90 Å². The van der Waals surface area contributed by atoms with Crippen LogP contribution in [0.25, 0.3) is 0 Å². The third-order valence-corrected chi connectivity index (χ3v) is 3.20. The van der Waals surface area contributed by atoms with Crippen LogP contribution in [0.15, 0.2) is 30.3 Å². The van der Waals surface area contributed by atoms with Gasteiger partial charge in [-0.25, -0.2) is 0 Å². The summed E-state index contributed by atoms with van der Waals surface area (Å²) in [6.07, 6.45) is 5.46. The van der Waals surface area contributed by atoms with Crippen molar-refractivity contribution in [1.29, 1.82) is 0 Å². The van der Waals surface area contributed by atoms with Gasteiger partial charge in [0.05, 0.1) is 0 Å². The van der Waals surface area contributed by atoms with E-state index in [1.807, 2.05) is 0 Å². The number of rotatable bonds is 1. The fraction of sp³-hybridized carbons (Fsp3) is 0.538. The molecule has 1 nitrogen and oxygen atoms in total. The summed E-state index contributed by atoms with van der Waals surface area (Å²) >= 11 is 0. The molecule has 0 aromatic heterocycles. The molecule has 1 aromatic rings. The molecular weight excluding hydrogens is 170 g/mol. The van der Waals surface area contributed by atoms with Crippen molar-refractivity contribution < 1.29 is 0 Å². The minimum atomic E-state index is 0.652. The predicted octanol–water partition coefficient (Wildman–Crippen LogP) is 3.23. The largest absolute Gasteiger partial charge is 0.299 e. The molecular formula is C13H19N. The molecule has 0 saturated carbocycles. The van der Waals surface area contributed by atoms with Crippen molar-refractivity contribution in [2.24, 2.45) is 0 Å². The molecule has 0 bridgehead atoms. The highest BCUT2D eigenvalue weighted by Crippen LogP contribution is 2.28. The van der Waals surface area contributed by atoms with Gasteiger partial charge in [-0.05, 0) is 32.0 Å². The maximum atomic E-state index is 2.50. The molecule has 76 valence electrons. The molecule has 1 aliphatic heterocycles. The van der Waals surface area contributed by atoms with E-state index in [1.165, 1.54) is 37.8 Å². The molecule has 1 saturated heterocycles. The second-order valence-corrected chi connectivity index (χ2v) is 4.26. The van der Waals surface area contributed by atoms with Crippen LogP contribution >= 0.6 is 0 Å². The van der Waals surface area contributed by atoms with Crippen molar-refractivity contribution >= 4 is 0 Å². The molecule has 0 aliphatic carbocycles. The van der Waals surface area contributed by atoms with Gasteiger partial charge in [0, 0.05) is 6.04 Å². The standard InChI is InChI=1S/C13H19N/c1-14-11-7-3-6-10-13(14)12-8-4-2-5-9-12/h2,4-5,8-9,13H,3,6-7,10-11H2,1H3. The van der Waals surface area contributed by atoms with Crippen LogP contribution in [-0.2, 0) is 0 Å². The third-order valence-electron chi connectivity index (χ3n) is 3.20. The average Bonchev–Trinajstić information content (AvgIpc) is 2.44. The van der Waals surface area contributed by atoms with Crippen LogP contribution < -0.4 is 0 Å². The molecule has 1 aliphatic rings. The summed E-state index contributed by atoms with van der Waals surface area (Å²) < 4.78 is 0. The van der Waals surface area contributed by atoms with Crippen LogP contribution in [0.4, 0.5) is 0 Å². The number of hydrogen-bond acceptors (Lipinski definition) is 1. The SMILES string of the molecule is CN1CCCCCC1c1ccccc1. The quantitative estimate of drug-likeness (QED) is 0.655. The van der Waals surface area contributed by atoms with E-state index in [4.69, 9.17) is 0 Å². The normalized spacial score (nSPS) is 24.5. The van der Waals surface area contributed by atoms with Gasteiger partial charge in [0.25, 0.3) is 0 Å². The first-order valence-corrected chi connectivity index (χ1v) is 5.63. The molecule has 14 heavy (non-hydrogen) atoms. The van der Waals surface area contributed by atoms with E-state index in [2.05, 4.69) is 42.3 Å². The summed E-state index contributed by atoms with van der Waals surface area (Å²) in [4.78, 5) is 2.50. The number of benzene rings is 1. The minimum absolute atomic E-state index is 0.652. The van der Waals surface area contributed by atoms with Gasteiger partial charge in [0.2, 0.25) is 0 Å². The van der Waals surface area contributed by atoms with Crippen LogP contribution in [0.1, 0.15) is 37.3 Å². The Morgan fingerprint density at radius 1 is 1.07 bits per heavy atom. The maximum Gasteiger partial charge on any atom is 0.0345 e. The minimum Gasteiger partial charge on any atom is -0.299 e. The Kier molecular flexibility index (Phi) is 3.20. The Morgan fingerprint density at radius 2 is 1.86 bits per heavy atom. The smallest absolute Gasteiger partial charge is 0.0345 e. The molecule has 0 amide bonds. The fourth-order valence-corrected chi connectivity index (χ4v) is 2.35. The summed E-state index contributed by atoms with van der Waals surface area (Å²) in [6.45, 7) is 1.25. The fourth-order valence-electron chi connectivity index (χ4n) is 2.35. The first kappa shape index (κ1) is 9.72. The van der Waals surface area contributed by atoms with Crippen LogP contribution in [0.5, 0.6) is 0 Å². The Bertz CT molecular complexity index is 268. The molecule has 1 heterocycles. The highest BCUT2D eigenvalue weighted by molar-refractivity contribution is 5.19. The van der Waals surface area contributed by atoms with Crippen molar-refractivity contribution in [3.8, 4) is 0 Å². The lowest BCUT2D eigenvalue weighted by atomic mass is 10.0. The molecule has 0 spiro atoms. The van der Waals surface area contributed by atoms with Gasteiger partial charge in [-0.15, -0.1) is 0 Å². The van der Waals surface area contributed by atoms with E-state index in [9.17, 15) is 0 Å². The molecule has 2 rings (SSSR count). The Hall–Kier alpha value is -0.820. The van der Waals surface area contributed by atoms with Crippen molar-refractivity contribution in [2.45, 2.75) is 31.7 Å². The lowest BCUT2D eigenvalue weighted by Crippen LogP contribution is -2.23. The number of hydrogen-bond donors (Lipinski definition) is 0. The summed E-state index contributed by atoms with van der Waals surface area (Å²) in [5.74, 6) is 0. The van der Waals surface area contributed by atoms with Crippen molar-refractivity contribution in [1.82, 2.24) is 4.90 Å². The number of likely N-dealkylation sites (tertiary alicyclic amines) is 1. The van der Waals surface area contributed by atoms with E-state index in [0.717, 1.165) is 0 Å². The van der Waals surface area contributed by atoms with Gasteiger partial charge in [0.15, 0.2) is 0 Å². The molecule has 0 radical (unpaired) electrons. The van der Waals surface area contributed by atoms with Crippen LogP contribution in [0, 0.1) is 0 Å². The molecule has 1 heteroatoms. The first-order chi connectivity index (χ1) is 6.88. The Morgan fingerprint density at radius 3 is 2.64 bits per heavy atom. The Labute approximate surface area is 86.7 Å². The topological polar surface area (TPSA) is 3.24 Å². The van der Waals surface area contributed by atoms with Gasteiger partial charge in [0.1, 0.15) is 0 Å². The summed E-state index contributed by atoms with van der Waals surface area (Å²) in [7, 11) is 2.25. The van der Waals surface area contributed by atoms with E-state index in [1.54, 1.807) is 0 Å². The molecule has 1 atom stereocenters. The molecule has 1 fully saturated rings. The summed E-state index contributed by atoms with van der Waals surface area (Å²) in [5, 5.41) is 0. The summed E-state index contributed by atoms with van der Waals surface area (Å²) in [5.41, 5.74) is 1.48. The molecule has 1 aromatic carbocycles. The van der Waals surface area contributed by atoms with Crippen LogP contribution in [0.3, 0.4) is 0 Å². The zero-order valence-corrected chi connectivity index (χ0v) is 8.95. The zero-order valence-electron chi connectivity index (χ0n) is 8.95. The predicted molar refractivity (Wildman–Crippen MR) is 60.3 cm³/mol. The second-order valence-electron chi connectivity index (χ2n) is 4.26. The van der Waals surface area contributed by atoms with Gasteiger partial charge >= 0.3 is 0 Å². The van der Waals surface area contributed by atoms with E-state index < -0.39 is 0 Å². The van der Waals surface area contributed by atoms with Gasteiger partial charge < -0.3 is 0 Å². The van der Waals surface area contributed by atoms with Crippen molar-refractivity contribution in [2.75, 3.05) is 13.6 Å². The van der Waals surface area contributed by atoms with Crippen molar-refractivity contribution in [3.63, 3.8) is 0 Å². The lowest BCUT2D eigenvalue weighted by Gasteiger charge is -2.25. The zero-order chi connectivity index (χ0) is 9.80. The highest BCUT2D eigenvalue weighted by Gasteiger charge is 2.18. The van der Waals surface area contributed by atoms with E-state index >= 15 is 0 Å². The van der Waals surface area contributed by atoms with Crippen LogP contribution in [0.2, 0.25) is 0 Å². The lowest BCUT2D eigenvalue weighted by molar-refractivity contribution is 0.250. The second kappa shape index (κ2) is 4.61. The number of nitrogens with zero attached hydrogens (tertiary/aromatic N) is 1. The van der Waals surface area contributed by atoms with Gasteiger partial charge in [-0.1, -0.05) is 43.2 Å². The van der Waals surface area contributed by atoms with Crippen LogP contribution in [-0.4, -0.2) is 18.5 Å². The summed E-state index contributed by atoms with van der Waals surface area (Å²) in [6, 6.07) is 11.6. The first-order valence-electron chi connectivity index (χ1n) is 5.63. The van der Waals surface area contributed by atoms with E-state index in [0.29, 0.717) is 6.04 Å². The van der Waals surface area contributed by atoms with Crippen molar-refractivity contribution in [3.05, 3.63) is 35.9 Å². The van der Waals surface area contributed by atoms with Gasteiger partial charge in [-0.2, -0.15) is 0 Å². The maximum absolute atomic E-state index is 2.50.